The summed E-state index contributed by atoms with van der Waals surface area (Å²) in [5.74, 6) is 1.12. The second-order valence-corrected chi connectivity index (χ2v) is 6.26. The molecule has 1 aromatic heterocycles. The van der Waals surface area contributed by atoms with Gasteiger partial charge in [-0.05, 0) is 35.7 Å². The lowest BCUT2D eigenvalue weighted by molar-refractivity contribution is 0.921. The number of rotatable bonds is 7. The molecule has 2 N–H and O–H groups in total. The highest BCUT2D eigenvalue weighted by Crippen LogP contribution is 2.16. The molecule has 2 aromatic carbocycles. The zero-order valence-corrected chi connectivity index (χ0v) is 14.9. The summed E-state index contributed by atoms with van der Waals surface area (Å²) in [5.41, 5.74) is 2.15. The van der Waals surface area contributed by atoms with E-state index in [0.717, 1.165) is 27.6 Å². The number of nitrogens with one attached hydrogen (secondary N) is 2. The third-order valence-corrected chi connectivity index (χ3v) is 4.17. The third-order valence-electron chi connectivity index (χ3n) is 3.56. The zero-order valence-electron chi connectivity index (χ0n) is 13.4. The maximum absolute atomic E-state index is 6.15. The summed E-state index contributed by atoms with van der Waals surface area (Å²) in [4.78, 5) is 4.40. The lowest BCUT2D eigenvalue weighted by Gasteiger charge is -2.09. The Kier molecular flexibility index (Phi) is 6.04. The molecule has 5 nitrogen and oxygen atoms in total. The van der Waals surface area contributed by atoms with Crippen molar-refractivity contribution in [2.24, 2.45) is 0 Å². The first-order valence-corrected chi connectivity index (χ1v) is 8.61. The van der Waals surface area contributed by atoms with Crippen molar-refractivity contribution in [3.8, 4) is 0 Å². The minimum absolute atomic E-state index is 0.478. The van der Waals surface area contributed by atoms with Gasteiger partial charge in [0.15, 0.2) is 5.82 Å². The highest BCUT2D eigenvalue weighted by atomic mass is 35.5. The smallest absolute Gasteiger partial charge is 0.244 e. The predicted octanol–water partition coefficient (Wildman–Crippen LogP) is 4.45. The van der Waals surface area contributed by atoms with Gasteiger partial charge >= 0.3 is 0 Å². The molecule has 0 aliphatic rings. The lowest BCUT2D eigenvalue weighted by Crippen LogP contribution is -2.10. The van der Waals surface area contributed by atoms with E-state index in [2.05, 4.69) is 25.8 Å². The van der Waals surface area contributed by atoms with Gasteiger partial charge in [-0.2, -0.15) is 10.1 Å². The standard InChI is InChI=1S/C18H17Cl2N5/c19-15-6-3-4-13(10-15)8-9-21-18-24-17(12-23-25-18)22-11-14-5-1-2-7-16(14)20/h1-7,10,12H,8-9,11H2,(H2,21,22,24,25). The van der Waals surface area contributed by atoms with Gasteiger partial charge in [0, 0.05) is 23.1 Å². The summed E-state index contributed by atoms with van der Waals surface area (Å²) < 4.78 is 0. The van der Waals surface area contributed by atoms with Gasteiger partial charge in [0.25, 0.3) is 0 Å². The molecule has 0 atom stereocenters. The van der Waals surface area contributed by atoms with Gasteiger partial charge in [0.2, 0.25) is 5.95 Å². The summed E-state index contributed by atoms with van der Waals surface area (Å²) in [7, 11) is 0. The van der Waals surface area contributed by atoms with Gasteiger partial charge in [0.1, 0.15) is 0 Å². The average Bonchev–Trinajstić information content (AvgIpc) is 2.62. The highest BCUT2D eigenvalue weighted by Gasteiger charge is 2.03. The van der Waals surface area contributed by atoms with Crippen LogP contribution in [0.5, 0.6) is 0 Å². The Morgan fingerprint density at radius 2 is 1.84 bits per heavy atom. The Morgan fingerprint density at radius 3 is 2.68 bits per heavy atom. The second-order valence-electron chi connectivity index (χ2n) is 5.42. The van der Waals surface area contributed by atoms with Crippen LogP contribution in [0.3, 0.4) is 0 Å². The van der Waals surface area contributed by atoms with Crippen LogP contribution in [0.1, 0.15) is 11.1 Å². The molecule has 0 saturated carbocycles. The van der Waals surface area contributed by atoms with Crippen LogP contribution in [0.25, 0.3) is 0 Å². The SMILES string of the molecule is Clc1cccc(CCNc2nncc(NCc3ccccc3Cl)n2)c1. The monoisotopic (exact) mass is 373 g/mol. The zero-order chi connectivity index (χ0) is 17.5. The molecule has 0 amide bonds. The van der Waals surface area contributed by atoms with Gasteiger partial charge in [-0.15, -0.1) is 5.10 Å². The summed E-state index contributed by atoms with van der Waals surface area (Å²) in [5, 5.41) is 15.8. The Bertz CT molecular complexity index is 841. The normalized spacial score (nSPS) is 10.5. The number of halogens is 2. The van der Waals surface area contributed by atoms with E-state index in [1.807, 2.05) is 48.5 Å². The van der Waals surface area contributed by atoms with Crippen LogP contribution in [0.15, 0.2) is 54.7 Å². The van der Waals surface area contributed by atoms with Crippen molar-refractivity contribution < 1.29 is 0 Å². The fourth-order valence-corrected chi connectivity index (χ4v) is 2.72. The number of nitrogens with zero attached hydrogens (tertiary/aromatic N) is 3. The van der Waals surface area contributed by atoms with E-state index in [1.165, 1.54) is 0 Å². The summed E-state index contributed by atoms with van der Waals surface area (Å²) >= 11 is 12.1. The van der Waals surface area contributed by atoms with Crippen molar-refractivity contribution in [1.82, 2.24) is 15.2 Å². The van der Waals surface area contributed by atoms with E-state index in [9.17, 15) is 0 Å². The quantitative estimate of drug-likeness (QED) is 0.640. The van der Waals surface area contributed by atoms with E-state index < -0.39 is 0 Å². The van der Waals surface area contributed by atoms with Crippen molar-refractivity contribution in [3.05, 3.63) is 75.9 Å². The van der Waals surface area contributed by atoms with E-state index in [4.69, 9.17) is 23.2 Å². The first-order chi connectivity index (χ1) is 12.2. The van der Waals surface area contributed by atoms with Gasteiger partial charge in [-0.1, -0.05) is 53.5 Å². The van der Waals surface area contributed by atoms with Crippen LogP contribution >= 0.6 is 23.2 Å². The molecule has 3 rings (SSSR count). The van der Waals surface area contributed by atoms with Gasteiger partial charge in [-0.25, -0.2) is 0 Å². The Labute approximate surface area is 156 Å². The molecule has 7 heteroatoms. The molecule has 0 aliphatic heterocycles. The van der Waals surface area contributed by atoms with Crippen molar-refractivity contribution in [2.45, 2.75) is 13.0 Å². The fourth-order valence-electron chi connectivity index (χ4n) is 2.30. The minimum Gasteiger partial charge on any atom is -0.364 e. The molecule has 1 heterocycles. The van der Waals surface area contributed by atoms with Gasteiger partial charge in [-0.3, -0.25) is 0 Å². The van der Waals surface area contributed by atoms with Crippen LogP contribution in [-0.4, -0.2) is 21.7 Å². The molecule has 0 radical (unpaired) electrons. The van der Waals surface area contributed by atoms with Crippen molar-refractivity contribution in [3.63, 3.8) is 0 Å². The molecular formula is C18H17Cl2N5. The summed E-state index contributed by atoms with van der Waals surface area (Å²) in [6.45, 7) is 1.26. The maximum atomic E-state index is 6.15. The third kappa shape index (κ3) is 5.31. The highest BCUT2D eigenvalue weighted by molar-refractivity contribution is 6.31. The first-order valence-electron chi connectivity index (χ1n) is 7.86. The Hall–Kier alpha value is -2.37. The molecule has 0 saturated heterocycles. The number of aromatic nitrogens is 3. The minimum atomic E-state index is 0.478. The summed E-state index contributed by atoms with van der Waals surface area (Å²) in [6, 6.07) is 15.5. The maximum Gasteiger partial charge on any atom is 0.244 e. The molecule has 0 aliphatic carbocycles. The summed E-state index contributed by atoms with van der Waals surface area (Å²) in [6.07, 6.45) is 2.40. The van der Waals surface area contributed by atoms with Gasteiger partial charge < -0.3 is 10.6 Å². The van der Waals surface area contributed by atoms with E-state index in [1.54, 1.807) is 6.20 Å². The van der Waals surface area contributed by atoms with Crippen molar-refractivity contribution in [2.75, 3.05) is 17.2 Å². The predicted molar refractivity (Wildman–Crippen MR) is 102 cm³/mol. The van der Waals surface area contributed by atoms with Crippen molar-refractivity contribution >= 4 is 35.0 Å². The average molecular weight is 374 g/mol. The number of hydrogen-bond acceptors (Lipinski definition) is 5. The first kappa shape index (κ1) is 17.5. The van der Waals surface area contributed by atoms with Crippen LogP contribution < -0.4 is 10.6 Å². The van der Waals surface area contributed by atoms with Crippen LogP contribution in [0.2, 0.25) is 10.0 Å². The van der Waals surface area contributed by atoms with Gasteiger partial charge in [0.05, 0.1) is 6.20 Å². The van der Waals surface area contributed by atoms with E-state index >= 15 is 0 Å². The van der Waals surface area contributed by atoms with E-state index in [0.29, 0.717) is 24.9 Å². The molecule has 25 heavy (non-hydrogen) atoms. The molecule has 0 spiro atoms. The van der Waals surface area contributed by atoms with Crippen LogP contribution in [0.4, 0.5) is 11.8 Å². The largest absolute Gasteiger partial charge is 0.364 e. The molecule has 3 aromatic rings. The molecule has 0 bridgehead atoms. The van der Waals surface area contributed by atoms with E-state index in [-0.39, 0.29) is 0 Å². The Morgan fingerprint density at radius 1 is 0.960 bits per heavy atom. The molecular weight excluding hydrogens is 357 g/mol. The fraction of sp³-hybridized carbons (Fsp3) is 0.167. The number of benzene rings is 2. The van der Waals surface area contributed by atoms with Crippen LogP contribution in [0, 0.1) is 0 Å². The molecule has 0 fully saturated rings. The van der Waals surface area contributed by atoms with Crippen LogP contribution in [-0.2, 0) is 13.0 Å². The molecule has 0 unspecified atom stereocenters. The second kappa shape index (κ2) is 8.65. The Balaban J connectivity index is 1.53. The van der Waals surface area contributed by atoms with Crippen molar-refractivity contribution in [1.29, 1.82) is 0 Å². The lowest BCUT2D eigenvalue weighted by atomic mass is 10.1. The molecule has 128 valence electrons. The number of anilines is 2. The topological polar surface area (TPSA) is 62.7 Å². The number of hydrogen-bond donors (Lipinski definition) is 2.